The van der Waals surface area contributed by atoms with Gasteiger partial charge in [0.05, 0.1) is 14.2 Å². The molecule has 1 unspecified atom stereocenters. The number of rotatable bonds is 2. The third-order valence-corrected chi connectivity index (χ3v) is 3.61. The van der Waals surface area contributed by atoms with E-state index in [1.54, 1.807) is 14.2 Å². The Kier molecular flexibility index (Phi) is 3.15. The van der Waals surface area contributed by atoms with Crippen molar-refractivity contribution in [1.82, 2.24) is 4.90 Å². The van der Waals surface area contributed by atoms with Gasteiger partial charge >= 0.3 is 0 Å². The van der Waals surface area contributed by atoms with Crippen LogP contribution >= 0.6 is 0 Å². The maximum absolute atomic E-state index is 10.2. The number of aromatic hydroxyl groups is 1. The quantitative estimate of drug-likeness (QED) is 0.853. The minimum atomic E-state index is 0.224. The third-order valence-electron chi connectivity index (χ3n) is 3.61. The van der Waals surface area contributed by atoms with Crippen LogP contribution in [0.4, 0.5) is 0 Å². The van der Waals surface area contributed by atoms with E-state index in [0.29, 0.717) is 11.5 Å². The molecule has 0 radical (unpaired) electrons. The minimum Gasteiger partial charge on any atom is -0.504 e. The molecule has 0 aliphatic carbocycles. The first-order valence-corrected chi connectivity index (χ1v) is 5.77. The molecule has 1 N–H and O–H groups in total. The number of ether oxygens (including phenoxy) is 2. The molecule has 4 heteroatoms. The first-order valence-electron chi connectivity index (χ1n) is 5.77. The van der Waals surface area contributed by atoms with Crippen molar-refractivity contribution in [3.05, 3.63) is 17.2 Å². The summed E-state index contributed by atoms with van der Waals surface area (Å²) in [6.45, 7) is 3.07. The van der Waals surface area contributed by atoms with Crippen LogP contribution in [-0.2, 0) is 6.42 Å². The van der Waals surface area contributed by atoms with E-state index in [2.05, 4.69) is 18.9 Å². The van der Waals surface area contributed by atoms with E-state index < -0.39 is 0 Å². The summed E-state index contributed by atoms with van der Waals surface area (Å²) in [5, 5.41) is 10.2. The van der Waals surface area contributed by atoms with Gasteiger partial charge in [0.25, 0.3) is 0 Å². The highest BCUT2D eigenvalue weighted by Crippen LogP contribution is 2.45. The lowest BCUT2D eigenvalue weighted by molar-refractivity contribution is 0.241. The van der Waals surface area contributed by atoms with Gasteiger partial charge in [-0.05, 0) is 32.0 Å². The fraction of sp³-hybridized carbons (Fsp3) is 0.538. The Morgan fingerprint density at radius 2 is 2.06 bits per heavy atom. The van der Waals surface area contributed by atoms with Crippen LogP contribution in [0.2, 0.25) is 0 Å². The highest BCUT2D eigenvalue weighted by atomic mass is 16.5. The van der Waals surface area contributed by atoms with Crippen LogP contribution in [0.25, 0.3) is 0 Å². The highest BCUT2D eigenvalue weighted by molar-refractivity contribution is 5.59. The largest absolute Gasteiger partial charge is 0.504 e. The lowest BCUT2D eigenvalue weighted by atomic mass is 9.92. The van der Waals surface area contributed by atoms with Gasteiger partial charge in [0.1, 0.15) is 0 Å². The molecule has 0 spiro atoms. The predicted molar refractivity (Wildman–Crippen MR) is 66.0 cm³/mol. The van der Waals surface area contributed by atoms with Gasteiger partial charge in [-0.1, -0.05) is 0 Å². The molecular weight excluding hydrogens is 218 g/mol. The van der Waals surface area contributed by atoms with Gasteiger partial charge < -0.3 is 14.6 Å². The van der Waals surface area contributed by atoms with Gasteiger partial charge in [0, 0.05) is 18.2 Å². The summed E-state index contributed by atoms with van der Waals surface area (Å²) in [7, 11) is 5.21. The molecule has 0 aromatic heterocycles. The number of fused-ring (bicyclic) bond motifs is 1. The zero-order valence-corrected chi connectivity index (χ0v) is 10.8. The van der Waals surface area contributed by atoms with Gasteiger partial charge in [0.2, 0.25) is 5.75 Å². The molecule has 1 heterocycles. The van der Waals surface area contributed by atoms with Gasteiger partial charge in [-0.15, -0.1) is 0 Å². The molecule has 4 nitrogen and oxygen atoms in total. The third kappa shape index (κ3) is 1.82. The van der Waals surface area contributed by atoms with E-state index >= 15 is 0 Å². The summed E-state index contributed by atoms with van der Waals surface area (Å²) in [4.78, 5) is 2.26. The summed E-state index contributed by atoms with van der Waals surface area (Å²) >= 11 is 0. The Morgan fingerprint density at radius 3 is 2.65 bits per heavy atom. The van der Waals surface area contributed by atoms with Crippen LogP contribution in [-0.4, -0.2) is 37.8 Å². The zero-order valence-electron chi connectivity index (χ0n) is 10.8. The van der Waals surface area contributed by atoms with Crippen molar-refractivity contribution in [2.24, 2.45) is 0 Å². The maximum atomic E-state index is 10.2. The van der Waals surface area contributed by atoms with E-state index in [1.807, 2.05) is 6.07 Å². The van der Waals surface area contributed by atoms with Gasteiger partial charge in [0.15, 0.2) is 11.5 Å². The average Bonchev–Trinajstić information content (AvgIpc) is 2.33. The fourth-order valence-corrected chi connectivity index (χ4v) is 2.39. The molecule has 0 amide bonds. The standard InChI is InChI=1S/C13H19NO3/c1-8-10-7-11(16-3)13(17-4)12(15)9(10)5-6-14(8)2/h7-8,15H,5-6H2,1-4H3. The van der Waals surface area contributed by atoms with Crippen molar-refractivity contribution >= 4 is 0 Å². The molecule has 1 aliphatic heterocycles. The summed E-state index contributed by atoms with van der Waals surface area (Å²) in [6.07, 6.45) is 0.836. The number of hydrogen-bond acceptors (Lipinski definition) is 4. The average molecular weight is 237 g/mol. The summed E-state index contributed by atoms with van der Waals surface area (Å²) in [6, 6.07) is 2.25. The molecule has 1 atom stereocenters. The van der Waals surface area contributed by atoms with Crippen LogP contribution in [0, 0.1) is 0 Å². The van der Waals surface area contributed by atoms with Crippen molar-refractivity contribution < 1.29 is 14.6 Å². The van der Waals surface area contributed by atoms with Crippen LogP contribution in [0.1, 0.15) is 24.1 Å². The zero-order chi connectivity index (χ0) is 12.6. The summed E-state index contributed by atoms with van der Waals surface area (Å²) < 4.78 is 10.5. The number of nitrogens with zero attached hydrogens (tertiary/aromatic N) is 1. The molecule has 2 rings (SSSR count). The Hall–Kier alpha value is -1.42. The van der Waals surface area contributed by atoms with E-state index in [4.69, 9.17) is 9.47 Å². The second-order valence-electron chi connectivity index (χ2n) is 4.44. The molecule has 1 aromatic carbocycles. The van der Waals surface area contributed by atoms with Crippen molar-refractivity contribution in [1.29, 1.82) is 0 Å². The lowest BCUT2D eigenvalue weighted by Crippen LogP contribution is -2.30. The molecule has 0 saturated carbocycles. The van der Waals surface area contributed by atoms with Crippen LogP contribution < -0.4 is 9.47 Å². The smallest absolute Gasteiger partial charge is 0.203 e. The molecule has 17 heavy (non-hydrogen) atoms. The number of benzene rings is 1. The molecule has 1 aliphatic rings. The Morgan fingerprint density at radius 1 is 1.35 bits per heavy atom. The highest BCUT2D eigenvalue weighted by Gasteiger charge is 2.27. The van der Waals surface area contributed by atoms with E-state index in [0.717, 1.165) is 24.1 Å². The van der Waals surface area contributed by atoms with Gasteiger partial charge in [-0.25, -0.2) is 0 Å². The Bertz CT molecular complexity index is 431. The van der Waals surface area contributed by atoms with Crippen LogP contribution in [0.3, 0.4) is 0 Å². The molecule has 0 bridgehead atoms. The van der Waals surface area contributed by atoms with Crippen LogP contribution in [0.15, 0.2) is 6.07 Å². The van der Waals surface area contributed by atoms with Gasteiger partial charge in [-0.2, -0.15) is 0 Å². The van der Waals surface area contributed by atoms with E-state index in [-0.39, 0.29) is 11.8 Å². The second kappa shape index (κ2) is 4.45. The number of hydrogen-bond donors (Lipinski definition) is 1. The summed E-state index contributed by atoms with van der Waals surface area (Å²) in [5.74, 6) is 1.25. The second-order valence-corrected chi connectivity index (χ2v) is 4.44. The number of phenolic OH excluding ortho intramolecular Hbond substituents is 1. The summed E-state index contributed by atoms with van der Waals surface area (Å²) in [5.41, 5.74) is 2.10. The number of likely N-dealkylation sites (N-methyl/N-ethyl adjacent to an activating group) is 1. The molecule has 1 aromatic rings. The van der Waals surface area contributed by atoms with Crippen molar-refractivity contribution in [3.63, 3.8) is 0 Å². The van der Waals surface area contributed by atoms with Crippen LogP contribution in [0.5, 0.6) is 17.2 Å². The molecule has 94 valence electrons. The Labute approximate surface area is 102 Å². The topological polar surface area (TPSA) is 41.9 Å². The molecular formula is C13H19NO3. The van der Waals surface area contributed by atoms with Gasteiger partial charge in [-0.3, -0.25) is 4.90 Å². The minimum absolute atomic E-state index is 0.224. The van der Waals surface area contributed by atoms with Crippen molar-refractivity contribution in [2.75, 3.05) is 27.8 Å². The number of phenols is 1. The molecule has 0 fully saturated rings. The monoisotopic (exact) mass is 237 g/mol. The normalized spacial score (nSPS) is 19.9. The van der Waals surface area contributed by atoms with E-state index in [1.165, 1.54) is 0 Å². The lowest BCUT2D eigenvalue weighted by Gasteiger charge is -2.33. The Balaban J connectivity index is 2.60. The number of methoxy groups -OCH3 is 2. The predicted octanol–water partition coefficient (Wildman–Crippen LogP) is 1.96. The molecule has 0 saturated heterocycles. The first-order chi connectivity index (χ1) is 8.10. The van der Waals surface area contributed by atoms with Crippen molar-refractivity contribution in [2.45, 2.75) is 19.4 Å². The SMILES string of the molecule is COc1cc2c(c(O)c1OC)CCN(C)C2C. The fourth-order valence-electron chi connectivity index (χ4n) is 2.39. The van der Waals surface area contributed by atoms with E-state index in [9.17, 15) is 5.11 Å². The maximum Gasteiger partial charge on any atom is 0.203 e. The first kappa shape index (κ1) is 12.0. The van der Waals surface area contributed by atoms with Crippen molar-refractivity contribution in [3.8, 4) is 17.2 Å².